The van der Waals surface area contributed by atoms with Gasteiger partial charge in [0.05, 0.1) is 0 Å². The SMILES string of the molecule is O=S(=O)(OC1=Cc2c(cccc2OS(=O)(=O)C(F)(F)F)CCC1)C(F)(F)F. The van der Waals surface area contributed by atoms with Crippen molar-refractivity contribution in [3.05, 3.63) is 35.1 Å². The summed E-state index contributed by atoms with van der Waals surface area (Å²) in [5.41, 5.74) is -11.5. The van der Waals surface area contributed by atoms with Gasteiger partial charge in [0.1, 0.15) is 5.76 Å². The van der Waals surface area contributed by atoms with Crippen molar-refractivity contribution in [3.8, 4) is 5.75 Å². The van der Waals surface area contributed by atoms with Crippen LogP contribution in [0.1, 0.15) is 24.0 Å². The lowest BCUT2D eigenvalue weighted by molar-refractivity contribution is -0.0524. The molecule has 6 nitrogen and oxygen atoms in total. The summed E-state index contributed by atoms with van der Waals surface area (Å²) >= 11 is 0. The molecule has 0 N–H and O–H groups in total. The van der Waals surface area contributed by atoms with Gasteiger partial charge in [-0.2, -0.15) is 43.2 Å². The highest BCUT2D eigenvalue weighted by Crippen LogP contribution is 2.36. The molecular weight excluding hydrogens is 430 g/mol. The maximum absolute atomic E-state index is 12.5. The molecular formula is C13H10F6O6S2. The summed E-state index contributed by atoms with van der Waals surface area (Å²) in [5, 5.41) is 0. The number of benzene rings is 1. The molecule has 0 atom stereocenters. The molecule has 0 unspecified atom stereocenters. The lowest BCUT2D eigenvalue weighted by Crippen LogP contribution is -2.28. The highest BCUT2D eigenvalue weighted by atomic mass is 32.2. The molecule has 0 spiro atoms. The van der Waals surface area contributed by atoms with Gasteiger partial charge < -0.3 is 8.37 Å². The molecule has 0 aliphatic heterocycles. The van der Waals surface area contributed by atoms with Crippen LogP contribution in [0.5, 0.6) is 5.75 Å². The topological polar surface area (TPSA) is 86.7 Å². The Bertz CT molecular complexity index is 960. The van der Waals surface area contributed by atoms with E-state index in [0.29, 0.717) is 6.08 Å². The smallest absolute Gasteiger partial charge is 0.381 e. The van der Waals surface area contributed by atoms with E-state index in [4.69, 9.17) is 0 Å². The standard InChI is InChI=1S/C13H10F6O6S2/c14-12(15,16)26(20,21)24-9-5-1-3-8-4-2-6-11(10(8)7-9)25-27(22,23)13(17,18)19/h2,4,6-7H,1,3,5H2. The fourth-order valence-corrected chi connectivity index (χ4v) is 3.13. The molecule has 0 fully saturated rings. The monoisotopic (exact) mass is 440 g/mol. The molecule has 1 aliphatic carbocycles. The summed E-state index contributed by atoms with van der Waals surface area (Å²) in [6, 6.07) is 3.41. The average Bonchev–Trinajstić information content (AvgIpc) is 2.66. The third kappa shape index (κ3) is 4.66. The molecule has 14 heteroatoms. The third-order valence-corrected chi connectivity index (χ3v) is 5.28. The highest BCUT2D eigenvalue weighted by Gasteiger charge is 2.50. The van der Waals surface area contributed by atoms with Gasteiger partial charge in [0.2, 0.25) is 0 Å². The Morgan fingerprint density at radius 2 is 1.37 bits per heavy atom. The minimum atomic E-state index is -6.04. The maximum Gasteiger partial charge on any atom is 0.534 e. The average molecular weight is 440 g/mol. The number of rotatable bonds is 4. The van der Waals surface area contributed by atoms with Crippen LogP contribution in [-0.2, 0) is 30.8 Å². The first-order valence-corrected chi connectivity index (χ1v) is 9.80. The maximum atomic E-state index is 12.5. The van der Waals surface area contributed by atoms with Crippen LogP contribution in [-0.4, -0.2) is 27.9 Å². The molecule has 0 bridgehead atoms. The molecule has 0 amide bonds. The van der Waals surface area contributed by atoms with E-state index in [9.17, 15) is 43.2 Å². The zero-order valence-corrected chi connectivity index (χ0v) is 14.6. The van der Waals surface area contributed by atoms with Gasteiger partial charge in [0, 0.05) is 12.0 Å². The molecule has 1 aliphatic rings. The second-order valence-electron chi connectivity index (χ2n) is 5.26. The molecule has 0 aromatic heterocycles. The van der Waals surface area contributed by atoms with Crippen molar-refractivity contribution in [1.29, 1.82) is 0 Å². The van der Waals surface area contributed by atoms with E-state index in [0.717, 1.165) is 6.07 Å². The Hall–Kier alpha value is -1.96. The lowest BCUT2D eigenvalue weighted by atomic mass is 10.0. The summed E-state index contributed by atoms with van der Waals surface area (Å²) < 4.78 is 128. The van der Waals surface area contributed by atoms with Crippen LogP contribution < -0.4 is 4.18 Å². The van der Waals surface area contributed by atoms with Crippen LogP contribution in [0, 0.1) is 0 Å². The van der Waals surface area contributed by atoms with Crippen molar-refractivity contribution in [1.82, 2.24) is 0 Å². The minimum absolute atomic E-state index is 0.0989. The Kier molecular flexibility index (Phi) is 5.45. The van der Waals surface area contributed by atoms with Crippen LogP contribution in [0.2, 0.25) is 0 Å². The zero-order valence-electron chi connectivity index (χ0n) is 13.0. The summed E-state index contributed by atoms with van der Waals surface area (Å²) in [4.78, 5) is 0. The van der Waals surface area contributed by atoms with E-state index in [2.05, 4.69) is 8.37 Å². The van der Waals surface area contributed by atoms with Gasteiger partial charge in [-0.05, 0) is 30.5 Å². The predicted octanol–water partition coefficient (Wildman–Crippen LogP) is 3.46. The minimum Gasteiger partial charge on any atom is -0.381 e. The number of alkyl halides is 6. The number of aryl methyl sites for hydroxylation is 1. The van der Waals surface area contributed by atoms with Gasteiger partial charge in [0.15, 0.2) is 5.75 Å². The largest absolute Gasteiger partial charge is 0.534 e. The van der Waals surface area contributed by atoms with Crippen molar-refractivity contribution in [3.63, 3.8) is 0 Å². The Balaban J connectivity index is 2.49. The molecule has 0 saturated heterocycles. The fraction of sp³-hybridized carbons (Fsp3) is 0.385. The molecule has 152 valence electrons. The summed E-state index contributed by atoms with van der Waals surface area (Å²) in [7, 11) is -12.0. The first kappa shape index (κ1) is 21.3. The van der Waals surface area contributed by atoms with E-state index < -0.39 is 42.8 Å². The fourth-order valence-electron chi connectivity index (χ4n) is 2.15. The van der Waals surface area contributed by atoms with Crippen LogP contribution in [0.3, 0.4) is 0 Å². The van der Waals surface area contributed by atoms with Gasteiger partial charge in [-0.15, -0.1) is 0 Å². The van der Waals surface area contributed by atoms with E-state index in [1.165, 1.54) is 12.1 Å². The van der Waals surface area contributed by atoms with Crippen molar-refractivity contribution in [2.24, 2.45) is 0 Å². The first-order valence-electron chi connectivity index (χ1n) is 6.98. The summed E-state index contributed by atoms with van der Waals surface area (Å²) in [6.45, 7) is 0. The quantitative estimate of drug-likeness (QED) is 0.405. The highest BCUT2D eigenvalue weighted by molar-refractivity contribution is 7.88. The molecule has 0 heterocycles. The van der Waals surface area contributed by atoms with Gasteiger partial charge in [-0.1, -0.05) is 12.1 Å². The van der Waals surface area contributed by atoms with Gasteiger partial charge in [-0.3, -0.25) is 0 Å². The van der Waals surface area contributed by atoms with E-state index in [-0.39, 0.29) is 30.4 Å². The van der Waals surface area contributed by atoms with E-state index >= 15 is 0 Å². The second kappa shape index (κ2) is 6.89. The van der Waals surface area contributed by atoms with Crippen molar-refractivity contribution < 1.29 is 51.5 Å². The molecule has 1 aromatic rings. The van der Waals surface area contributed by atoms with Crippen molar-refractivity contribution in [2.75, 3.05) is 0 Å². The molecule has 1 aromatic carbocycles. The molecule has 0 saturated carbocycles. The van der Waals surface area contributed by atoms with Gasteiger partial charge in [-0.25, -0.2) is 0 Å². The van der Waals surface area contributed by atoms with Crippen LogP contribution in [0.15, 0.2) is 24.0 Å². The normalized spacial score (nSPS) is 16.1. The zero-order chi connectivity index (χ0) is 20.7. The van der Waals surface area contributed by atoms with Crippen molar-refractivity contribution >= 4 is 26.3 Å². The van der Waals surface area contributed by atoms with Crippen LogP contribution in [0.25, 0.3) is 6.08 Å². The Labute approximate surface area is 149 Å². The summed E-state index contributed by atoms with van der Waals surface area (Å²) in [6.07, 6.45) is 0.637. The van der Waals surface area contributed by atoms with Crippen molar-refractivity contribution in [2.45, 2.75) is 30.3 Å². The molecule has 27 heavy (non-hydrogen) atoms. The third-order valence-electron chi connectivity index (χ3n) is 3.31. The number of halogens is 6. The number of allylic oxidation sites excluding steroid dienone is 1. The van der Waals surface area contributed by atoms with E-state index in [1.807, 2.05) is 0 Å². The predicted molar refractivity (Wildman–Crippen MR) is 79.0 cm³/mol. The second-order valence-corrected chi connectivity index (χ2v) is 8.34. The Morgan fingerprint density at radius 1 is 0.815 bits per heavy atom. The Morgan fingerprint density at radius 3 is 1.93 bits per heavy atom. The lowest BCUT2D eigenvalue weighted by Gasteiger charge is -2.14. The number of hydrogen-bond donors (Lipinski definition) is 0. The number of fused-ring (bicyclic) bond motifs is 1. The summed E-state index contributed by atoms with van der Waals surface area (Å²) in [5.74, 6) is -1.54. The molecule has 2 rings (SSSR count). The van der Waals surface area contributed by atoms with Crippen LogP contribution in [0.4, 0.5) is 26.3 Å². The first-order chi connectivity index (χ1) is 12.1. The van der Waals surface area contributed by atoms with Gasteiger partial charge in [0.25, 0.3) is 0 Å². The number of hydrogen-bond acceptors (Lipinski definition) is 6. The van der Waals surface area contributed by atoms with Gasteiger partial charge >= 0.3 is 31.3 Å². The van der Waals surface area contributed by atoms with Crippen LogP contribution >= 0.6 is 0 Å². The van der Waals surface area contributed by atoms with E-state index in [1.54, 1.807) is 0 Å². The molecule has 0 radical (unpaired) electrons.